The summed E-state index contributed by atoms with van der Waals surface area (Å²) in [6, 6.07) is 26.2. The smallest absolute Gasteiger partial charge is 0.311 e. The zero-order valence-corrected chi connectivity index (χ0v) is 20.3. The minimum absolute atomic E-state index is 0.403. The largest absolute Gasteiger partial charge is 0.481 e. The molecule has 0 aliphatic rings. The molecule has 5 aromatic rings. The van der Waals surface area contributed by atoms with Crippen LogP contribution in [-0.4, -0.2) is 25.7 Å². The SMILES string of the molecule is CCCC(C(=O)O)c1c(-c2ccccc2)nc2c3ccccc3nn2c1-c1ccc(C(C)C)cc1. The lowest BCUT2D eigenvalue weighted by atomic mass is 9.87. The van der Waals surface area contributed by atoms with Crippen molar-refractivity contribution in [3.05, 3.63) is 90.0 Å². The van der Waals surface area contributed by atoms with Gasteiger partial charge in [0.25, 0.3) is 0 Å². The summed E-state index contributed by atoms with van der Waals surface area (Å²) in [5, 5.41) is 16.2. The van der Waals surface area contributed by atoms with Gasteiger partial charge in [0.2, 0.25) is 0 Å². The lowest BCUT2D eigenvalue weighted by Gasteiger charge is -2.22. The molecule has 2 heterocycles. The van der Waals surface area contributed by atoms with Gasteiger partial charge in [-0.25, -0.2) is 9.50 Å². The summed E-state index contributed by atoms with van der Waals surface area (Å²) in [7, 11) is 0. The van der Waals surface area contributed by atoms with Crippen molar-refractivity contribution in [3.8, 4) is 22.5 Å². The predicted octanol–water partition coefficient (Wildman–Crippen LogP) is 7.31. The Morgan fingerprint density at radius 1 is 0.914 bits per heavy atom. The Kier molecular flexibility index (Phi) is 6.08. The van der Waals surface area contributed by atoms with E-state index in [4.69, 9.17) is 10.1 Å². The van der Waals surface area contributed by atoms with Crippen LogP contribution in [0.15, 0.2) is 78.9 Å². The van der Waals surface area contributed by atoms with E-state index in [9.17, 15) is 9.90 Å². The normalized spacial score (nSPS) is 12.5. The minimum atomic E-state index is -0.845. The number of carboxylic acid groups (broad SMARTS) is 1. The minimum Gasteiger partial charge on any atom is -0.481 e. The van der Waals surface area contributed by atoms with Gasteiger partial charge in [0.1, 0.15) is 0 Å². The van der Waals surface area contributed by atoms with E-state index in [1.807, 2.05) is 66.0 Å². The Morgan fingerprint density at radius 2 is 1.60 bits per heavy atom. The zero-order valence-electron chi connectivity index (χ0n) is 20.3. The molecule has 0 saturated carbocycles. The van der Waals surface area contributed by atoms with Crippen LogP contribution in [0.2, 0.25) is 0 Å². The van der Waals surface area contributed by atoms with Gasteiger partial charge in [-0.1, -0.05) is 93.9 Å². The van der Waals surface area contributed by atoms with E-state index in [1.165, 1.54) is 5.56 Å². The molecule has 0 radical (unpaired) electrons. The number of hydrogen-bond acceptors (Lipinski definition) is 3. The molecular weight excluding hydrogens is 434 g/mol. The number of fused-ring (bicyclic) bond motifs is 3. The summed E-state index contributed by atoms with van der Waals surface area (Å²) < 4.78 is 1.85. The average molecular weight is 464 g/mol. The van der Waals surface area contributed by atoms with Crippen molar-refractivity contribution >= 4 is 22.5 Å². The first-order chi connectivity index (χ1) is 17.0. The van der Waals surface area contributed by atoms with Gasteiger partial charge >= 0.3 is 5.97 Å². The number of aliphatic carboxylic acids is 1. The maximum atomic E-state index is 12.7. The Bertz CT molecular complexity index is 1500. The van der Waals surface area contributed by atoms with Crippen LogP contribution in [0.4, 0.5) is 0 Å². The summed E-state index contributed by atoms with van der Waals surface area (Å²) in [4.78, 5) is 17.7. The summed E-state index contributed by atoms with van der Waals surface area (Å²) in [6.07, 6.45) is 1.26. The fourth-order valence-corrected chi connectivity index (χ4v) is 4.80. The van der Waals surface area contributed by atoms with Gasteiger partial charge in [-0.15, -0.1) is 0 Å². The second-order valence-electron chi connectivity index (χ2n) is 9.30. The first-order valence-electron chi connectivity index (χ1n) is 12.2. The van der Waals surface area contributed by atoms with Gasteiger partial charge in [0, 0.05) is 22.1 Å². The quantitative estimate of drug-likeness (QED) is 0.275. The van der Waals surface area contributed by atoms with Crippen LogP contribution < -0.4 is 0 Å². The molecule has 1 atom stereocenters. The Morgan fingerprint density at radius 3 is 2.26 bits per heavy atom. The Labute approximate surface area is 205 Å². The molecule has 0 amide bonds. The van der Waals surface area contributed by atoms with Crippen LogP contribution in [0.5, 0.6) is 0 Å². The molecule has 3 aromatic carbocycles. The second-order valence-corrected chi connectivity index (χ2v) is 9.30. The molecule has 0 aliphatic heterocycles. The van der Waals surface area contributed by atoms with Gasteiger partial charge in [-0.3, -0.25) is 4.79 Å². The van der Waals surface area contributed by atoms with Crippen molar-refractivity contribution in [3.63, 3.8) is 0 Å². The molecule has 5 heteroatoms. The molecule has 0 bridgehead atoms. The average Bonchev–Trinajstić information content (AvgIpc) is 3.25. The van der Waals surface area contributed by atoms with Crippen molar-refractivity contribution < 1.29 is 9.90 Å². The molecule has 0 spiro atoms. The lowest BCUT2D eigenvalue weighted by molar-refractivity contribution is -0.139. The molecule has 35 heavy (non-hydrogen) atoms. The molecule has 0 saturated heterocycles. The van der Waals surface area contributed by atoms with Gasteiger partial charge in [-0.05, 0) is 30.0 Å². The molecule has 2 aromatic heterocycles. The van der Waals surface area contributed by atoms with Gasteiger partial charge in [0.15, 0.2) is 5.65 Å². The highest BCUT2D eigenvalue weighted by atomic mass is 16.4. The molecule has 5 nitrogen and oxygen atoms in total. The third-order valence-corrected chi connectivity index (χ3v) is 6.61. The number of hydrogen-bond donors (Lipinski definition) is 1. The van der Waals surface area contributed by atoms with Crippen LogP contribution >= 0.6 is 0 Å². The standard InChI is InChI=1S/C30H29N3O2/c1-4-10-24(30(34)35)26-27(21-11-6-5-7-12-21)31-29-23-13-8-9-14-25(23)32-33(29)28(26)22-17-15-20(16-18-22)19(2)3/h5-9,11-19,24H,4,10H2,1-3H3,(H,34,35). The van der Waals surface area contributed by atoms with Crippen LogP contribution in [0.25, 0.3) is 39.1 Å². The number of carboxylic acids is 1. The summed E-state index contributed by atoms with van der Waals surface area (Å²) in [5.74, 6) is -1.15. The number of rotatable bonds is 7. The van der Waals surface area contributed by atoms with Crippen molar-refractivity contribution in [1.29, 1.82) is 0 Å². The lowest BCUT2D eigenvalue weighted by Crippen LogP contribution is -2.17. The van der Waals surface area contributed by atoms with E-state index in [1.54, 1.807) is 0 Å². The Balaban J connectivity index is 1.95. The summed E-state index contributed by atoms with van der Waals surface area (Å²) in [5.41, 5.74) is 6.84. The zero-order chi connectivity index (χ0) is 24.5. The molecule has 176 valence electrons. The monoisotopic (exact) mass is 463 g/mol. The van der Waals surface area contributed by atoms with Crippen molar-refractivity contribution in [2.24, 2.45) is 0 Å². The fraction of sp³-hybridized carbons (Fsp3) is 0.233. The topological polar surface area (TPSA) is 67.5 Å². The molecule has 0 fully saturated rings. The van der Waals surface area contributed by atoms with Crippen molar-refractivity contribution in [2.45, 2.75) is 45.4 Å². The highest BCUT2D eigenvalue weighted by Gasteiger charge is 2.30. The van der Waals surface area contributed by atoms with Crippen LogP contribution in [-0.2, 0) is 4.79 Å². The van der Waals surface area contributed by atoms with Crippen molar-refractivity contribution in [2.75, 3.05) is 0 Å². The van der Waals surface area contributed by atoms with E-state index < -0.39 is 11.9 Å². The van der Waals surface area contributed by atoms with E-state index >= 15 is 0 Å². The van der Waals surface area contributed by atoms with Crippen LogP contribution in [0, 0.1) is 0 Å². The molecule has 1 unspecified atom stereocenters. The molecule has 0 aliphatic carbocycles. The van der Waals surface area contributed by atoms with Gasteiger partial charge in [0.05, 0.1) is 22.8 Å². The molecule has 1 N–H and O–H groups in total. The van der Waals surface area contributed by atoms with Crippen molar-refractivity contribution in [1.82, 2.24) is 14.6 Å². The molecule has 5 rings (SSSR count). The number of nitrogens with zero attached hydrogens (tertiary/aromatic N) is 3. The third-order valence-electron chi connectivity index (χ3n) is 6.61. The Hall–Kier alpha value is -3.99. The first-order valence-corrected chi connectivity index (χ1v) is 12.2. The number of carbonyl (C=O) groups is 1. The van der Waals surface area contributed by atoms with E-state index in [2.05, 4.69) is 38.1 Å². The third kappa shape index (κ3) is 4.08. The highest BCUT2D eigenvalue weighted by molar-refractivity contribution is 5.96. The first kappa shape index (κ1) is 22.8. The van der Waals surface area contributed by atoms with E-state index in [-0.39, 0.29) is 0 Å². The number of benzene rings is 3. The fourth-order valence-electron chi connectivity index (χ4n) is 4.80. The molecular formula is C30H29N3O2. The summed E-state index contributed by atoms with van der Waals surface area (Å²) >= 11 is 0. The van der Waals surface area contributed by atoms with Crippen LogP contribution in [0.3, 0.4) is 0 Å². The maximum absolute atomic E-state index is 12.7. The van der Waals surface area contributed by atoms with E-state index in [0.29, 0.717) is 23.6 Å². The van der Waals surface area contributed by atoms with Gasteiger partial charge in [-0.2, -0.15) is 5.10 Å². The maximum Gasteiger partial charge on any atom is 0.311 e. The number of aromatic nitrogens is 3. The highest BCUT2D eigenvalue weighted by Crippen LogP contribution is 2.40. The van der Waals surface area contributed by atoms with Gasteiger partial charge < -0.3 is 5.11 Å². The van der Waals surface area contributed by atoms with Crippen LogP contribution in [0.1, 0.15) is 56.6 Å². The second kappa shape index (κ2) is 9.34. The summed E-state index contributed by atoms with van der Waals surface area (Å²) in [6.45, 7) is 6.35. The predicted molar refractivity (Wildman–Crippen MR) is 141 cm³/mol. The van der Waals surface area contributed by atoms with E-state index in [0.717, 1.165) is 39.8 Å².